The van der Waals surface area contributed by atoms with Crippen LogP contribution in [0.3, 0.4) is 0 Å². The molecule has 1 rings (SSSR count). The summed E-state index contributed by atoms with van der Waals surface area (Å²) in [4.78, 5) is 21.8. The molecule has 0 saturated heterocycles. The predicted octanol–water partition coefficient (Wildman–Crippen LogP) is 1.48. The van der Waals surface area contributed by atoms with Crippen molar-refractivity contribution in [3.63, 3.8) is 0 Å². The lowest BCUT2D eigenvalue weighted by Gasteiger charge is -2.16. The maximum Gasteiger partial charge on any atom is 0.315 e. The lowest BCUT2D eigenvalue weighted by molar-refractivity contribution is -0.137. The topological polar surface area (TPSA) is 78.4 Å². The highest BCUT2D eigenvalue weighted by atomic mass is 16.4. The number of carboxylic acids is 1. The Morgan fingerprint density at radius 3 is 2.56 bits per heavy atom. The van der Waals surface area contributed by atoms with E-state index < -0.39 is 5.97 Å². The minimum absolute atomic E-state index is 0.0882. The molecular weight excluding hydrogens is 208 g/mol. The van der Waals surface area contributed by atoms with Crippen molar-refractivity contribution in [2.24, 2.45) is 0 Å². The smallest absolute Gasteiger partial charge is 0.315 e. The van der Waals surface area contributed by atoms with Gasteiger partial charge in [0.15, 0.2) is 0 Å². The Morgan fingerprint density at radius 1 is 1.38 bits per heavy atom. The number of hydrogen-bond donors (Lipinski definition) is 3. The van der Waals surface area contributed by atoms with Crippen molar-refractivity contribution < 1.29 is 14.7 Å². The van der Waals surface area contributed by atoms with E-state index in [4.69, 9.17) is 5.11 Å². The Labute approximate surface area is 95.6 Å². The zero-order valence-electron chi connectivity index (χ0n) is 9.66. The molecule has 1 atom stereocenters. The third kappa shape index (κ3) is 5.00. The number of rotatable bonds is 5. The van der Waals surface area contributed by atoms with E-state index in [2.05, 4.69) is 10.6 Å². The Morgan fingerprint density at radius 2 is 2.00 bits per heavy atom. The third-order valence-corrected chi connectivity index (χ3v) is 2.86. The van der Waals surface area contributed by atoms with E-state index >= 15 is 0 Å². The first-order chi connectivity index (χ1) is 7.58. The second-order valence-corrected chi connectivity index (χ2v) is 4.43. The molecule has 0 heterocycles. The van der Waals surface area contributed by atoms with Gasteiger partial charge in [-0.15, -0.1) is 0 Å². The number of carbonyl (C=O) groups excluding carboxylic acids is 1. The molecule has 0 aromatic rings. The fraction of sp³-hybridized carbons (Fsp3) is 0.818. The molecular formula is C11H20N2O3. The van der Waals surface area contributed by atoms with Gasteiger partial charge in [0.05, 0.1) is 0 Å². The van der Waals surface area contributed by atoms with Crippen LogP contribution in [0.4, 0.5) is 4.79 Å². The largest absolute Gasteiger partial charge is 0.481 e. The van der Waals surface area contributed by atoms with E-state index in [1.54, 1.807) is 0 Å². The van der Waals surface area contributed by atoms with Gasteiger partial charge in [-0.3, -0.25) is 4.79 Å². The lowest BCUT2D eigenvalue weighted by Crippen LogP contribution is -2.44. The van der Waals surface area contributed by atoms with Gasteiger partial charge < -0.3 is 15.7 Å². The molecule has 0 aliphatic heterocycles. The highest BCUT2D eigenvalue weighted by Crippen LogP contribution is 2.17. The van der Waals surface area contributed by atoms with Gasteiger partial charge in [0.25, 0.3) is 0 Å². The molecule has 0 aromatic heterocycles. The third-order valence-electron chi connectivity index (χ3n) is 2.86. The molecule has 0 bridgehead atoms. The number of carbonyl (C=O) groups is 2. The quantitative estimate of drug-likeness (QED) is 0.667. The molecule has 3 N–H and O–H groups in total. The number of nitrogens with one attached hydrogen (secondary N) is 2. The minimum Gasteiger partial charge on any atom is -0.481 e. The van der Waals surface area contributed by atoms with Gasteiger partial charge in [-0.1, -0.05) is 12.8 Å². The second-order valence-electron chi connectivity index (χ2n) is 4.43. The fourth-order valence-corrected chi connectivity index (χ4v) is 1.93. The summed E-state index contributed by atoms with van der Waals surface area (Å²) in [5.74, 6) is -0.829. The molecule has 1 unspecified atom stereocenters. The van der Waals surface area contributed by atoms with Crippen molar-refractivity contribution in [1.82, 2.24) is 10.6 Å². The standard InChI is InChI=1S/C11H20N2O3/c1-8(6-7-10(14)15)12-11(16)13-9-4-2-3-5-9/h8-9H,2-7H2,1H3,(H,14,15)(H2,12,13,16). The summed E-state index contributed by atoms with van der Waals surface area (Å²) in [6.45, 7) is 1.82. The van der Waals surface area contributed by atoms with Crippen LogP contribution >= 0.6 is 0 Å². The van der Waals surface area contributed by atoms with E-state index in [9.17, 15) is 9.59 Å². The highest BCUT2D eigenvalue weighted by molar-refractivity contribution is 5.74. The van der Waals surface area contributed by atoms with E-state index in [0.29, 0.717) is 12.5 Å². The van der Waals surface area contributed by atoms with Gasteiger partial charge in [0.1, 0.15) is 0 Å². The maximum atomic E-state index is 11.5. The molecule has 92 valence electrons. The molecule has 1 aliphatic rings. The van der Waals surface area contributed by atoms with Crippen molar-refractivity contribution in [2.45, 2.75) is 57.5 Å². The van der Waals surface area contributed by atoms with Crippen LogP contribution in [0, 0.1) is 0 Å². The van der Waals surface area contributed by atoms with Gasteiger partial charge in [0, 0.05) is 18.5 Å². The van der Waals surface area contributed by atoms with Crippen LogP contribution in [0.25, 0.3) is 0 Å². The maximum absolute atomic E-state index is 11.5. The van der Waals surface area contributed by atoms with Gasteiger partial charge in [0.2, 0.25) is 0 Å². The number of aliphatic carboxylic acids is 1. The minimum atomic E-state index is -0.829. The van der Waals surface area contributed by atoms with Gasteiger partial charge >= 0.3 is 12.0 Å². The van der Waals surface area contributed by atoms with Crippen LogP contribution in [-0.2, 0) is 4.79 Å². The van der Waals surface area contributed by atoms with Crippen LogP contribution in [0.15, 0.2) is 0 Å². The lowest BCUT2D eigenvalue weighted by atomic mass is 10.2. The molecule has 0 aromatic carbocycles. The first-order valence-corrected chi connectivity index (χ1v) is 5.86. The summed E-state index contributed by atoms with van der Waals surface area (Å²) in [5, 5.41) is 14.1. The van der Waals surface area contributed by atoms with Crippen LogP contribution in [0.5, 0.6) is 0 Å². The first kappa shape index (κ1) is 12.8. The Balaban J connectivity index is 2.14. The highest BCUT2D eigenvalue weighted by Gasteiger charge is 2.17. The summed E-state index contributed by atoms with van der Waals surface area (Å²) >= 11 is 0. The number of amides is 2. The summed E-state index contributed by atoms with van der Waals surface area (Å²) in [6, 6.07) is 0.0222. The Bertz CT molecular complexity index is 250. The molecule has 0 spiro atoms. The molecule has 2 amide bonds. The molecule has 0 radical (unpaired) electrons. The predicted molar refractivity (Wildman–Crippen MR) is 60.3 cm³/mol. The SMILES string of the molecule is CC(CCC(=O)O)NC(=O)NC1CCCC1. The van der Waals surface area contributed by atoms with Gasteiger partial charge in [-0.2, -0.15) is 0 Å². The van der Waals surface area contributed by atoms with Gasteiger partial charge in [-0.05, 0) is 26.2 Å². The van der Waals surface area contributed by atoms with Crippen molar-refractivity contribution >= 4 is 12.0 Å². The van der Waals surface area contributed by atoms with Gasteiger partial charge in [-0.25, -0.2) is 4.79 Å². The van der Waals surface area contributed by atoms with E-state index in [1.165, 1.54) is 12.8 Å². The average molecular weight is 228 g/mol. The summed E-state index contributed by atoms with van der Waals surface area (Å²) < 4.78 is 0. The van der Waals surface area contributed by atoms with E-state index in [0.717, 1.165) is 12.8 Å². The molecule has 1 fully saturated rings. The molecule has 1 saturated carbocycles. The summed E-state index contributed by atoms with van der Waals surface area (Å²) in [6.07, 6.45) is 5.02. The fourth-order valence-electron chi connectivity index (χ4n) is 1.93. The number of carboxylic acid groups (broad SMARTS) is 1. The van der Waals surface area contributed by atoms with Crippen LogP contribution in [0.2, 0.25) is 0 Å². The second kappa shape index (κ2) is 6.35. The van der Waals surface area contributed by atoms with Crippen molar-refractivity contribution in [2.75, 3.05) is 0 Å². The summed E-state index contributed by atoms with van der Waals surface area (Å²) in [5.41, 5.74) is 0. The van der Waals surface area contributed by atoms with Crippen molar-refractivity contribution in [1.29, 1.82) is 0 Å². The average Bonchev–Trinajstić information content (AvgIpc) is 2.67. The summed E-state index contributed by atoms with van der Waals surface area (Å²) in [7, 11) is 0. The normalized spacial score (nSPS) is 18.1. The Hall–Kier alpha value is -1.26. The Kier molecular flexibility index (Phi) is 5.08. The van der Waals surface area contributed by atoms with E-state index in [-0.39, 0.29) is 18.5 Å². The molecule has 1 aliphatic carbocycles. The molecule has 5 heteroatoms. The van der Waals surface area contributed by atoms with Crippen molar-refractivity contribution in [3.05, 3.63) is 0 Å². The molecule has 16 heavy (non-hydrogen) atoms. The number of urea groups is 1. The number of hydrogen-bond acceptors (Lipinski definition) is 2. The van der Waals surface area contributed by atoms with Crippen LogP contribution < -0.4 is 10.6 Å². The first-order valence-electron chi connectivity index (χ1n) is 5.86. The van der Waals surface area contributed by atoms with Crippen LogP contribution in [0.1, 0.15) is 45.4 Å². The zero-order chi connectivity index (χ0) is 12.0. The van der Waals surface area contributed by atoms with E-state index in [1.807, 2.05) is 6.92 Å². The monoisotopic (exact) mass is 228 g/mol. The molecule has 5 nitrogen and oxygen atoms in total. The van der Waals surface area contributed by atoms with Crippen molar-refractivity contribution in [3.8, 4) is 0 Å². The zero-order valence-corrected chi connectivity index (χ0v) is 9.66. The van der Waals surface area contributed by atoms with Crippen LogP contribution in [-0.4, -0.2) is 29.2 Å².